The topological polar surface area (TPSA) is 30.9 Å². The Morgan fingerprint density at radius 2 is 2.14 bits per heavy atom. The minimum atomic E-state index is 0.708. The van der Waals surface area contributed by atoms with Crippen LogP contribution >= 0.6 is 11.6 Å². The summed E-state index contributed by atoms with van der Waals surface area (Å²) in [6, 6.07) is 7.97. The minimum absolute atomic E-state index is 0.708. The molecule has 1 aromatic rings. The summed E-state index contributed by atoms with van der Waals surface area (Å²) in [4.78, 5) is 8.96. The van der Waals surface area contributed by atoms with E-state index in [1.807, 2.05) is 19.2 Å². The van der Waals surface area contributed by atoms with Crippen molar-refractivity contribution in [2.45, 2.75) is 19.4 Å². The third kappa shape index (κ3) is 5.18. The number of nitrogens with zero attached hydrogens (tertiary/aromatic N) is 3. The van der Waals surface area contributed by atoms with Gasteiger partial charge >= 0.3 is 0 Å². The molecule has 1 unspecified atom stereocenters. The highest BCUT2D eigenvalue weighted by Crippen LogP contribution is 2.14. The number of piperidine rings is 1. The molecule has 0 amide bonds. The van der Waals surface area contributed by atoms with Crippen LogP contribution < -0.4 is 5.32 Å². The SMILES string of the molecule is CN=C(NCC1CCCN(C)C1)N(C)Cc1ccc(Cl)cc1. The Labute approximate surface area is 139 Å². The van der Waals surface area contributed by atoms with Gasteiger partial charge in [-0.15, -0.1) is 0 Å². The molecule has 0 radical (unpaired) electrons. The van der Waals surface area contributed by atoms with Gasteiger partial charge in [0.1, 0.15) is 0 Å². The first-order valence-corrected chi connectivity index (χ1v) is 8.31. The fourth-order valence-corrected chi connectivity index (χ4v) is 3.12. The fourth-order valence-electron chi connectivity index (χ4n) is 3.00. The summed E-state index contributed by atoms with van der Waals surface area (Å²) in [5, 5.41) is 4.29. The van der Waals surface area contributed by atoms with Crippen LogP contribution in [0, 0.1) is 5.92 Å². The van der Waals surface area contributed by atoms with Crippen molar-refractivity contribution in [3.8, 4) is 0 Å². The molecule has 1 N–H and O–H groups in total. The van der Waals surface area contributed by atoms with Crippen molar-refractivity contribution in [3.63, 3.8) is 0 Å². The van der Waals surface area contributed by atoms with Gasteiger partial charge in [-0.3, -0.25) is 4.99 Å². The number of halogens is 1. The minimum Gasteiger partial charge on any atom is -0.356 e. The van der Waals surface area contributed by atoms with Gasteiger partial charge in [0.25, 0.3) is 0 Å². The molecule has 1 fully saturated rings. The number of hydrogen-bond donors (Lipinski definition) is 1. The lowest BCUT2D eigenvalue weighted by Crippen LogP contribution is -2.44. The van der Waals surface area contributed by atoms with Crippen molar-refractivity contribution >= 4 is 17.6 Å². The first kappa shape index (κ1) is 17.1. The van der Waals surface area contributed by atoms with Crippen LogP contribution in [0.3, 0.4) is 0 Å². The zero-order chi connectivity index (χ0) is 15.9. The van der Waals surface area contributed by atoms with Gasteiger partial charge in [0.05, 0.1) is 0 Å². The van der Waals surface area contributed by atoms with E-state index in [0.717, 1.165) is 24.1 Å². The van der Waals surface area contributed by atoms with E-state index in [4.69, 9.17) is 11.6 Å². The van der Waals surface area contributed by atoms with Gasteiger partial charge in [0.15, 0.2) is 5.96 Å². The molecular formula is C17H27ClN4. The maximum absolute atomic E-state index is 5.93. The molecular weight excluding hydrogens is 296 g/mol. The van der Waals surface area contributed by atoms with E-state index in [9.17, 15) is 0 Å². The Morgan fingerprint density at radius 1 is 1.41 bits per heavy atom. The number of hydrogen-bond acceptors (Lipinski definition) is 2. The monoisotopic (exact) mass is 322 g/mol. The van der Waals surface area contributed by atoms with Crippen molar-refractivity contribution in [1.82, 2.24) is 15.1 Å². The number of guanidine groups is 1. The lowest BCUT2D eigenvalue weighted by atomic mass is 9.98. The highest BCUT2D eigenvalue weighted by molar-refractivity contribution is 6.30. The maximum Gasteiger partial charge on any atom is 0.193 e. The molecule has 0 aliphatic carbocycles. The van der Waals surface area contributed by atoms with Crippen LogP contribution in [0.5, 0.6) is 0 Å². The zero-order valence-electron chi connectivity index (χ0n) is 13.8. The molecule has 4 nitrogen and oxygen atoms in total. The molecule has 0 aromatic heterocycles. The molecule has 0 spiro atoms. The fraction of sp³-hybridized carbons (Fsp3) is 0.588. The molecule has 1 aromatic carbocycles. The Hall–Kier alpha value is -1.26. The van der Waals surface area contributed by atoms with Crippen LogP contribution in [0.15, 0.2) is 29.3 Å². The van der Waals surface area contributed by atoms with Gasteiger partial charge in [0, 0.05) is 38.8 Å². The Balaban J connectivity index is 1.83. The summed E-state index contributed by atoms with van der Waals surface area (Å²) in [6.07, 6.45) is 2.59. The largest absolute Gasteiger partial charge is 0.356 e. The lowest BCUT2D eigenvalue weighted by molar-refractivity contribution is 0.209. The van der Waals surface area contributed by atoms with Crippen molar-refractivity contribution in [2.75, 3.05) is 40.8 Å². The predicted octanol–water partition coefficient (Wildman–Crippen LogP) is 2.69. The van der Waals surface area contributed by atoms with Gasteiger partial charge in [-0.05, 0) is 50.0 Å². The molecule has 1 atom stereocenters. The highest BCUT2D eigenvalue weighted by atomic mass is 35.5. The van der Waals surface area contributed by atoms with Crippen molar-refractivity contribution in [2.24, 2.45) is 10.9 Å². The summed E-state index contributed by atoms with van der Waals surface area (Å²) in [5.74, 6) is 1.66. The zero-order valence-corrected chi connectivity index (χ0v) is 14.6. The number of rotatable bonds is 4. The predicted molar refractivity (Wildman–Crippen MR) is 94.5 cm³/mol. The van der Waals surface area contributed by atoms with E-state index in [2.05, 4.69) is 46.3 Å². The molecule has 1 saturated heterocycles. The average Bonchev–Trinajstić information content (AvgIpc) is 2.50. The molecule has 1 aliphatic heterocycles. The second-order valence-corrected chi connectivity index (χ2v) is 6.62. The molecule has 122 valence electrons. The third-order valence-electron chi connectivity index (χ3n) is 4.18. The first-order valence-electron chi connectivity index (χ1n) is 7.93. The smallest absolute Gasteiger partial charge is 0.193 e. The van der Waals surface area contributed by atoms with E-state index in [0.29, 0.717) is 5.92 Å². The van der Waals surface area contributed by atoms with Crippen molar-refractivity contribution in [3.05, 3.63) is 34.9 Å². The summed E-state index contributed by atoms with van der Waals surface area (Å²) in [5.41, 5.74) is 1.23. The molecule has 0 saturated carbocycles. The number of likely N-dealkylation sites (tertiary alicyclic amines) is 1. The maximum atomic E-state index is 5.93. The van der Waals surface area contributed by atoms with Crippen LogP contribution in [0.2, 0.25) is 5.02 Å². The van der Waals surface area contributed by atoms with Crippen LogP contribution in [0.4, 0.5) is 0 Å². The van der Waals surface area contributed by atoms with Gasteiger partial charge < -0.3 is 15.1 Å². The van der Waals surface area contributed by atoms with Gasteiger partial charge in [-0.1, -0.05) is 23.7 Å². The Bertz CT molecular complexity index is 486. The van der Waals surface area contributed by atoms with E-state index < -0.39 is 0 Å². The Kier molecular flexibility index (Phi) is 6.52. The molecule has 2 rings (SSSR count). The quantitative estimate of drug-likeness (QED) is 0.683. The third-order valence-corrected chi connectivity index (χ3v) is 4.43. The van der Waals surface area contributed by atoms with Crippen LogP contribution in [0.1, 0.15) is 18.4 Å². The van der Waals surface area contributed by atoms with Crippen LogP contribution in [-0.2, 0) is 6.54 Å². The normalized spacial score (nSPS) is 20.0. The molecule has 1 aliphatic rings. The van der Waals surface area contributed by atoms with E-state index in [1.54, 1.807) is 0 Å². The molecule has 22 heavy (non-hydrogen) atoms. The van der Waals surface area contributed by atoms with E-state index in [-0.39, 0.29) is 0 Å². The number of aliphatic imine (C=N–C) groups is 1. The Morgan fingerprint density at radius 3 is 2.77 bits per heavy atom. The lowest BCUT2D eigenvalue weighted by Gasteiger charge is -2.31. The summed E-state index contributed by atoms with van der Waals surface area (Å²) in [6.45, 7) is 4.20. The van der Waals surface area contributed by atoms with E-state index in [1.165, 1.54) is 31.5 Å². The van der Waals surface area contributed by atoms with Crippen molar-refractivity contribution in [1.29, 1.82) is 0 Å². The van der Waals surface area contributed by atoms with Gasteiger partial charge in [-0.2, -0.15) is 0 Å². The van der Waals surface area contributed by atoms with Gasteiger partial charge in [0.2, 0.25) is 0 Å². The number of nitrogens with one attached hydrogen (secondary N) is 1. The molecule has 5 heteroatoms. The van der Waals surface area contributed by atoms with Crippen LogP contribution in [0.25, 0.3) is 0 Å². The van der Waals surface area contributed by atoms with Crippen LogP contribution in [-0.4, -0.2) is 56.5 Å². The summed E-state index contributed by atoms with van der Waals surface area (Å²) >= 11 is 5.93. The first-order chi connectivity index (χ1) is 10.6. The molecule has 1 heterocycles. The van der Waals surface area contributed by atoms with E-state index >= 15 is 0 Å². The average molecular weight is 323 g/mol. The summed E-state index contributed by atoms with van der Waals surface area (Å²) in [7, 11) is 6.11. The second kappa shape index (κ2) is 8.39. The molecule has 0 bridgehead atoms. The standard InChI is InChI=1S/C17H27ClN4/c1-19-17(20-11-15-5-4-10-21(2)12-15)22(3)13-14-6-8-16(18)9-7-14/h6-9,15H,4-5,10-13H2,1-3H3,(H,19,20). The summed E-state index contributed by atoms with van der Waals surface area (Å²) < 4.78 is 0. The highest BCUT2D eigenvalue weighted by Gasteiger charge is 2.18. The second-order valence-electron chi connectivity index (χ2n) is 6.18. The number of benzene rings is 1. The van der Waals surface area contributed by atoms with Gasteiger partial charge in [-0.25, -0.2) is 0 Å². The van der Waals surface area contributed by atoms with Crippen molar-refractivity contribution < 1.29 is 0 Å².